The second-order valence-corrected chi connectivity index (χ2v) is 5.02. The molecule has 1 atom stereocenters. The Morgan fingerprint density at radius 1 is 1.50 bits per heavy atom. The van der Waals surface area contributed by atoms with Crippen LogP contribution in [0.2, 0.25) is 0 Å². The molecule has 16 heavy (non-hydrogen) atoms. The number of ether oxygens (including phenoxy) is 1. The topological polar surface area (TPSA) is 35.2 Å². The van der Waals surface area contributed by atoms with Gasteiger partial charge in [-0.25, -0.2) is 4.39 Å². The first kappa shape index (κ1) is 11.7. The first-order valence-electron chi connectivity index (χ1n) is 5.49. The normalized spacial score (nSPS) is 20.2. The number of hydrogen-bond acceptors (Lipinski definition) is 3. The van der Waals surface area contributed by atoms with Crippen molar-refractivity contribution in [1.82, 2.24) is 0 Å². The average molecular weight is 241 g/mol. The van der Waals surface area contributed by atoms with Crippen molar-refractivity contribution >= 4 is 17.4 Å². The molecule has 1 saturated heterocycles. The van der Waals surface area contributed by atoms with Crippen molar-refractivity contribution in [3.8, 4) is 0 Å². The van der Waals surface area contributed by atoms with Gasteiger partial charge in [0.1, 0.15) is 5.82 Å². The summed E-state index contributed by atoms with van der Waals surface area (Å²) in [7, 11) is 0. The van der Waals surface area contributed by atoms with Crippen molar-refractivity contribution < 1.29 is 9.13 Å². The van der Waals surface area contributed by atoms with Gasteiger partial charge in [-0.1, -0.05) is 6.07 Å². The predicted molar refractivity (Wildman–Crippen MR) is 65.9 cm³/mol. The Morgan fingerprint density at radius 3 is 3.06 bits per heavy atom. The monoisotopic (exact) mass is 241 g/mol. The number of nitrogens with two attached hydrogens (primary N) is 1. The Balaban J connectivity index is 1.80. The Bertz CT molecular complexity index is 353. The van der Waals surface area contributed by atoms with Crippen LogP contribution in [0.4, 0.5) is 10.1 Å². The molecule has 1 aromatic rings. The van der Waals surface area contributed by atoms with Gasteiger partial charge in [-0.2, -0.15) is 11.8 Å². The quantitative estimate of drug-likeness (QED) is 0.823. The van der Waals surface area contributed by atoms with Crippen LogP contribution in [0.15, 0.2) is 18.2 Å². The van der Waals surface area contributed by atoms with E-state index in [9.17, 15) is 4.39 Å². The molecule has 1 heterocycles. The van der Waals surface area contributed by atoms with E-state index in [2.05, 4.69) is 0 Å². The summed E-state index contributed by atoms with van der Waals surface area (Å²) in [5, 5.41) is 0. The number of nitrogen functional groups attached to an aromatic ring is 1. The van der Waals surface area contributed by atoms with Crippen LogP contribution >= 0.6 is 11.8 Å². The summed E-state index contributed by atoms with van der Waals surface area (Å²) >= 11 is 1.80. The lowest BCUT2D eigenvalue weighted by molar-refractivity contribution is 0.129. The third kappa shape index (κ3) is 3.12. The van der Waals surface area contributed by atoms with Gasteiger partial charge in [-0.15, -0.1) is 0 Å². The van der Waals surface area contributed by atoms with Gasteiger partial charge in [-0.05, 0) is 30.5 Å². The van der Waals surface area contributed by atoms with Gasteiger partial charge in [0, 0.05) is 23.8 Å². The lowest BCUT2D eigenvalue weighted by Crippen LogP contribution is -2.08. The largest absolute Gasteiger partial charge is 0.398 e. The molecule has 4 heteroatoms. The molecule has 0 saturated carbocycles. The minimum absolute atomic E-state index is 0.273. The van der Waals surface area contributed by atoms with E-state index >= 15 is 0 Å². The van der Waals surface area contributed by atoms with Crippen molar-refractivity contribution in [3.63, 3.8) is 0 Å². The molecule has 2 N–H and O–H groups in total. The third-order valence-electron chi connectivity index (χ3n) is 2.69. The maximum Gasteiger partial charge on any atom is 0.125 e. The van der Waals surface area contributed by atoms with Gasteiger partial charge in [-0.3, -0.25) is 0 Å². The molecule has 0 spiro atoms. The van der Waals surface area contributed by atoms with Crippen molar-refractivity contribution in [1.29, 1.82) is 0 Å². The standard InChI is InChI=1S/C12H16FNOS/c13-10-4-3-9(12(14)6-10)7-16-8-11-2-1-5-15-11/h3-4,6,11H,1-2,5,7-8,14H2. The zero-order valence-electron chi connectivity index (χ0n) is 9.12. The SMILES string of the molecule is Nc1cc(F)ccc1CSCC1CCCO1. The van der Waals surface area contributed by atoms with Gasteiger partial charge in [0.15, 0.2) is 0 Å². The van der Waals surface area contributed by atoms with Crippen LogP contribution < -0.4 is 5.73 Å². The van der Waals surface area contributed by atoms with E-state index < -0.39 is 0 Å². The maximum atomic E-state index is 12.8. The summed E-state index contributed by atoms with van der Waals surface area (Å²) in [5.74, 6) is 1.55. The van der Waals surface area contributed by atoms with Crippen molar-refractivity contribution in [2.24, 2.45) is 0 Å². The number of anilines is 1. The lowest BCUT2D eigenvalue weighted by atomic mass is 10.2. The van der Waals surface area contributed by atoms with Gasteiger partial charge >= 0.3 is 0 Å². The highest BCUT2D eigenvalue weighted by molar-refractivity contribution is 7.98. The molecule has 2 rings (SSSR count). The molecule has 0 bridgehead atoms. The summed E-state index contributed by atoms with van der Waals surface area (Å²) in [6.07, 6.45) is 2.72. The highest BCUT2D eigenvalue weighted by Gasteiger charge is 2.15. The predicted octanol–water partition coefficient (Wildman–Crippen LogP) is 2.82. The van der Waals surface area contributed by atoms with Crippen molar-refractivity contribution in [2.45, 2.75) is 24.7 Å². The van der Waals surface area contributed by atoms with E-state index in [0.717, 1.165) is 30.1 Å². The molecule has 0 amide bonds. The average Bonchev–Trinajstić information content (AvgIpc) is 2.74. The zero-order chi connectivity index (χ0) is 11.4. The minimum atomic E-state index is -0.273. The maximum absolute atomic E-state index is 12.8. The van der Waals surface area contributed by atoms with Crippen LogP contribution in [-0.4, -0.2) is 18.5 Å². The second-order valence-electron chi connectivity index (χ2n) is 3.99. The Kier molecular flexibility index (Phi) is 4.07. The molecule has 88 valence electrons. The summed E-state index contributed by atoms with van der Waals surface area (Å²) < 4.78 is 18.3. The Labute approximate surface area is 99.4 Å². The third-order valence-corrected chi connectivity index (χ3v) is 3.82. The van der Waals surface area contributed by atoms with E-state index in [1.807, 2.05) is 0 Å². The van der Waals surface area contributed by atoms with Crippen LogP contribution in [0.1, 0.15) is 18.4 Å². The van der Waals surface area contributed by atoms with Gasteiger partial charge in [0.05, 0.1) is 6.10 Å². The number of halogens is 1. The van der Waals surface area contributed by atoms with Crippen molar-refractivity contribution in [2.75, 3.05) is 18.1 Å². The molecule has 2 nitrogen and oxygen atoms in total. The fourth-order valence-electron chi connectivity index (χ4n) is 1.77. The number of hydrogen-bond donors (Lipinski definition) is 1. The Hall–Kier alpha value is -0.740. The van der Waals surface area contributed by atoms with E-state index in [0.29, 0.717) is 11.8 Å². The summed E-state index contributed by atoms with van der Waals surface area (Å²) in [5.41, 5.74) is 7.28. The number of thioether (sulfide) groups is 1. The molecular weight excluding hydrogens is 225 g/mol. The summed E-state index contributed by atoms with van der Waals surface area (Å²) in [6, 6.07) is 4.59. The molecule has 0 radical (unpaired) electrons. The molecule has 1 aliphatic rings. The Morgan fingerprint density at radius 2 is 2.38 bits per heavy atom. The van der Waals surface area contributed by atoms with Gasteiger partial charge < -0.3 is 10.5 Å². The van der Waals surface area contributed by atoms with Gasteiger partial charge in [0.2, 0.25) is 0 Å². The first-order chi connectivity index (χ1) is 7.75. The van der Waals surface area contributed by atoms with E-state index in [4.69, 9.17) is 10.5 Å². The van der Waals surface area contributed by atoms with Crippen LogP contribution in [0, 0.1) is 5.82 Å². The van der Waals surface area contributed by atoms with Crippen LogP contribution in [0.25, 0.3) is 0 Å². The van der Waals surface area contributed by atoms with E-state index in [1.165, 1.54) is 18.6 Å². The molecule has 1 unspecified atom stereocenters. The molecule has 0 aromatic heterocycles. The van der Waals surface area contributed by atoms with Crippen LogP contribution in [0.3, 0.4) is 0 Å². The lowest BCUT2D eigenvalue weighted by Gasteiger charge is -2.09. The highest BCUT2D eigenvalue weighted by Crippen LogP contribution is 2.23. The molecule has 1 aromatic carbocycles. The fraction of sp³-hybridized carbons (Fsp3) is 0.500. The van der Waals surface area contributed by atoms with E-state index in [-0.39, 0.29) is 5.82 Å². The van der Waals surface area contributed by atoms with Crippen LogP contribution in [0.5, 0.6) is 0 Å². The second kappa shape index (κ2) is 5.55. The van der Waals surface area contributed by atoms with Crippen LogP contribution in [-0.2, 0) is 10.5 Å². The molecule has 0 aliphatic carbocycles. The smallest absolute Gasteiger partial charge is 0.125 e. The summed E-state index contributed by atoms with van der Waals surface area (Å²) in [4.78, 5) is 0. The van der Waals surface area contributed by atoms with E-state index in [1.54, 1.807) is 17.8 Å². The first-order valence-corrected chi connectivity index (χ1v) is 6.64. The number of benzene rings is 1. The number of rotatable bonds is 4. The van der Waals surface area contributed by atoms with Gasteiger partial charge in [0.25, 0.3) is 0 Å². The zero-order valence-corrected chi connectivity index (χ0v) is 9.93. The molecule has 1 aliphatic heterocycles. The summed E-state index contributed by atoms with van der Waals surface area (Å²) in [6.45, 7) is 0.893. The molecule has 1 fully saturated rings. The molecular formula is C12H16FNOS. The highest BCUT2D eigenvalue weighted by atomic mass is 32.2. The fourth-order valence-corrected chi connectivity index (χ4v) is 2.90. The van der Waals surface area contributed by atoms with Crippen molar-refractivity contribution in [3.05, 3.63) is 29.6 Å². The minimum Gasteiger partial charge on any atom is -0.398 e.